The van der Waals surface area contributed by atoms with E-state index in [2.05, 4.69) is 10.4 Å². The van der Waals surface area contributed by atoms with Crippen molar-refractivity contribution in [1.82, 2.24) is 9.78 Å². The second-order valence-electron chi connectivity index (χ2n) is 6.36. The Kier molecular flexibility index (Phi) is 4.18. The number of aromatic nitrogens is 2. The van der Waals surface area contributed by atoms with Crippen LogP contribution in [0.4, 0.5) is 5.82 Å². The van der Waals surface area contributed by atoms with E-state index in [0.717, 1.165) is 42.6 Å². The van der Waals surface area contributed by atoms with Crippen LogP contribution in [-0.2, 0) is 27.1 Å². The van der Waals surface area contributed by atoms with Gasteiger partial charge in [0.15, 0.2) is 0 Å². The highest BCUT2D eigenvalue weighted by Gasteiger charge is 2.30. The fraction of sp³-hybridized carbons (Fsp3) is 0.412. The van der Waals surface area contributed by atoms with Crippen molar-refractivity contribution >= 4 is 34.1 Å². The Balaban J connectivity index is 1.73. The minimum Gasteiger partial charge on any atom is -0.310 e. The van der Waals surface area contributed by atoms with Gasteiger partial charge in [-0.05, 0) is 31.0 Å². The number of hydrogen-bond donors (Lipinski definition) is 1. The fourth-order valence-electron chi connectivity index (χ4n) is 3.46. The van der Waals surface area contributed by atoms with E-state index in [9.17, 15) is 9.00 Å². The number of rotatable bonds is 3. The molecular formula is C17H18ClN3O2S. The number of anilines is 1. The zero-order chi connectivity index (χ0) is 16.7. The number of benzene rings is 1. The molecule has 0 radical (unpaired) electrons. The summed E-state index contributed by atoms with van der Waals surface area (Å²) in [6.07, 6.45) is 4.08. The Morgan fingerprint density at radius 3 is 2.83 bits per heavy atom. The SMILES string of the molecule is O=C(Nc1c2c(nn1-c1cccc(Cl)c1)C[S@](=O)C2)C1CCCC1. The van der Waals surface area contributed by atoms with E-state index < -0.39 is 10.8 Å². The van der Waals surface area contributed by atoms with Crippen LogP contribution in [0.3, 0.4) is 0 Å². The van der Waals surface area contributed by atoms with Crippen LogP contribution in [0.15, 0.2) is 24.3 Å². The number of hydrogen-bond acceptors (Lipinski definition) is 3. The molecule has 1 aromatic carbocycles. The molecule has 1 aliphatic heterocycles. The van der Waals surface area contributed by atoms with Gasteiger partial charge in [-0.3, -0.25) is 9.00 Å². The summed E-state index contributed by atoms with van der Waals surface area (Å²) in [7, 11) is -0.938. The first-order chi connectivity index (χ1) is 11.6. The number of amides is 1. The van der Waals surface area contributed by atoms with Gasteiger partial charge in [0.05, 0.1) is 22.9 Å². The molecule has 1 atom stereocenters. The van der Waals surface area contributed by atoms with E-state index >= 15 is 0 Å². The molecule has 2 aliphatic rings. The lowest BCUT2D eigenvalue weighted by Gasteiger charge is -2.14. The second kappa shape index (κ2) is 6.33. The highest BCUT2D eigenvalue weighted by Crippen LogP contribution is 2.33. The third-order valence-electron chi connectivity index (χ3n) is 4.69. The molecule has 0 unspecified atom stereocenters. The standard InChI is InChI=1S/C17H18ClN3O2S/c18-12-6-3-7-13(8-12)21-16(14-9-24(23)10-15(14)20-21)19-17(22)11-4-1-2-5-11/h3,6-8,11H,1-2,4-5,9-10H2,(H,19,22)/t24-/m1/s1. The number of fused-ring (bicyclic) bond motifs is 1. The third kappa shape index (κ3) is 2.89. The lowest BCUT2D eigenvalue weighted by molar-refractivity contribution is -0.119. The quantitative estimate of drug-likeness (QED) is 0.908. The summed E-state index contributed by atoms with van der Waals surface area (Å²) in [5, 5.41) is 8.25. The summed E-state index contributed by atoms with van der Waals surface area (Å²) in [5.74, 6) is 1.63. The molecule has 2 heterocycles. The lowest BCUT2D eigenvalue weighted by atomic mass is 10.1. The van der Waals surface area contributed by atoms with Gasteiger partial charge < -0.3 is 5.32 Å². The number of carbonyl (C=O) groups excluding carboxylic acids is 1. The van der Waals surface area contributed by atoms with Crippen molar-refractivity contribution in [3.05, 3.63) is 40.5 Å². The van der Waals surface area contributed by atoms with Crippen LogP contribution in [-0.4, -0.2) is 19.9 Å². The van der Waals surface area contributed by atoms with Gasteiger partial charge in [0.1, 0.15) is 5.82 Å². The van der Waals surface area contributed by atoms with Crippen molar-refractivity contribution in [3.63, 3.8) is 0 Å². The number of nitrogens with zero attached hydrogens (tertiary/aromatic N) is 2. The van der Waals surface area contributed by atoms with Gasteiger partial charge in [-0.2, -0.15) is 5.10 Å². The van der Waals surface area contributed by atoms with E-state index in [0.29, 0.717) is 22.3 Å². The van der Waals surface area contributed by atoms with Crippen LogP contribution >= 0.6 is 11.6 Å². The Hall–Kier alpha value is -1.66. The van der Waals surface area contributed by atoms with Crippen molar-refractivity contribution in [3.8, 4) is 5.69 Å². The van der Waals surface area contributed by atoms with Crippen molar-refractivity contribution in [2.75, 3.05) is 5.32 Å². The fourth-order valence-corrected chi connectivity index (χ4v) is 4.91. The molecule has 2 aromatic rings. The highest BCUT2D eigenvalue weighted by molar-refractivity contribution is 7.83. The first-order valence-corrected chi connectivity index (χ1v) is 10.0. The first-order valence-electron chi connectivity index (χ1n) is 8.14. The van der Waals surface area contributed by atoms with E-state index in [-0.39, 0.29) is 11.8 Å². The molecule has 24 heavy (non-hydrogen) atoms. The third-order valence-corrected chi connectivity index (χ3v) is 6.13. The highest BCUT2D eigenvalue weighted by atomic mass is 35.5. The predicted molar refractivity (Wildman–Crippen MR) is 94.7 cm³/mol. The zero-order valence-electron chi connectivity index (χ0n) is 13.1. The summed E-state index contributed by atoms with van der Waals surface area (Å²) < 4.78 is 13.6. The van der Waals surface area contributed by atoms with Crippen LogP contribution in [0, 0.1) is 5.92 Å². The Morgan fingerprint density at radius 2 is 2.08 bits per heavy atom. The smallest absolute Gasteiger partial charge is 0.228 e. The van der Waals surface area contributed by atoms with Crippen molar-refractivity contribution in [2.45, 2.75) is 37.2 Å². The predicted octanol–water partition coefficient (Wildman–Crippen LogP) is 3.42. The Labute approximate surface area is 147 Å². The maximum Gasteiger partial charge on any atom is 0.228 e. The average molecular weight is 364 g/mol. The van der Waals surface area contributed by atoms with Crippen LogP contribution in [0.2, 0.25) is 5.02 Å². The van der Waals surface area contributed by atoms with Crippen molar-refractivity contribution < 1.29 is 9.00 Å². The maximum atomic E-state index is 12.6. The van der Waals surface area contributed by atoms with Gasteiger partial charge in [-0.1, -0.05) is 30.5 Å². The topological polar surface area (TPSA) is 64.0 Å². The van der Waals surface area contributed by atoms with Gasteiger partial charge in [-0.25, -0.2) is 4.68 Å². The first kappa shape index (κ1) is 15.8. The average Bonchev–Trinajstić information content (AvgIpc) is 3.25. The monoisotopic (exact) mass is 363 g/mol. The molecule has 126 valence electrons. The molecule has 1 aromatic heterocycles. The minimum absolute atomic E-state index is 0.0381. The molecular weight excluding hydrogens is 346 g/mol. The summed E-state index contributed by atoms with van der Waals surface area (Å²) in [6.45, 7) is 0. The Bertz CT molecular complexity index is 827. The summed E-state index contributed by atoms with van der Waals surface area (Å²) >= 11 is 6.10. The van der Waals surface area contributed by atoms with E-state index in [4.69, 9.17) is 11.6 Å². The van der Waals surface area contributed by atoms with Crippen molar-refractivity contribution in [1.29, 1.82) is 0 Å². The molecule has 4 rings (SSSR count). The van der Waals surface area contributed by atoms with E-state index in [1.165, 1.54) is 0 Å². The summed E-state index contributed by atoms with van der Waals surface area (Å²) in [5.41, 5.74) is 2.49. The molecule has 5 nitrogen and oxygen atoms in total. The van der Waals surface area contributed by atoms with Gasteiger partial charge in [0, 0.05) is 27.3 Å². The van der Waals surface area contributed by atoms with Crippen LogP contribution in [0.25, 0.3) is 5.69 Å². The maximum absolute atomic E-state index is 12.6. The normalized spacial score (nSPS) is 20.3. The molecule has 1 fully saturated rings. The van der Waals surface area contributed by atoms with Gasteiger partial charge in [0.2, 0.25) is 5.91 Å². The second-order valence-corrected chi connectivity index (χ2v) is 8.26. The van der Waals surface area contributed by atoms with Crippen molar-refractivity contribution in [2.24, 2.45) is 5.92 Å². The molecule has 1 saturated carbocycles. The molecule has 1 aliphatic carbocycles. The van der Waals surface area contributed by atoms with E-state index in [1.807, 2.05) is 18.2 Å². The van der Waals surface area contributed by atoms with Gasteiger partial charge in [-0.15, -0.1) is 0 Å². The van der Waals surface area contributed by atoms with Gasteiger partial charge >= 0.3 is 0 Å². The number of halogens is 1. The van der Waals surface area contributed by atoms with Crippen LogP contribution < -0.4 is 5.32 Å². The molecule has 0 saturated heterocycles. The minimum atomic E-state index is -0.938. The van der Waals surface area contributed by atoms with E-state index in [1.54, 1.807) is 10.7 Å². The van der Waals surface area contributed by atoms with Crippen LogP contribution in [0.1, 0.15) is 36.9 Å². The molecule has 0 spiro atoms. The summed E-state index contributed by atoms with van der Waals surface area (Å²) in [4.78, 5) is 12.6. The van der Waals surface area contributed by atoms with Crippen LogP contribution in [0.5, 0.6) is 0 Å². The molecule has 0 bridgehead atoms. The van der Waals surface area contributed by atoms with Gasteiger partial charge in [0.25, 0.3) is 0 Å². The molecule has 7 heteroatoms. The lowest BCUT2D eigenvalue weighted by Crippen LogP contribution is -2.22. The molecule has 1 amide bonds. The Morgan fingerprint density at radius 1 is 1.29 bits per heavy atom. The summed E-state index contributed by atoms with van der Waals surface area (Å²) in [6, 6.07) is 7.36. The molecule has 1 N–H and O–H groups in total. The number of carbonyl (C=O) groups is 1. The zero-order valence-corrected chi connectivity index (χ0v) is 14.7. The number of nitrogens with one attached hydrogen (secondary N) is 1. The largest absolute Gasteiger partial charge is 0.310 e.